The predicted octanol–water partition coefficient (Wildman–Crippen LogP) is 13.2. The van der Waals surface area contributed by atoms with E-state index in [2.05, 4.69) is 156 Å². The number of para-hydroxylation sites is 4. The van der Waals surface area contributed by atoms with Gasteiger partial charge in [0.25, 0.3) is 0 Å². The number of aromatic nitrogens is 5. The van der Waals surface area contributed by atoms with Crippen LogP contribution in [0, 0.1) is 0 Å². The lowest BCUT2D eigenvalue weighted by Gasteiger charge is -2.12. The molecule has 8 aromatic carbocycles. The minimum atomic E-state index is 0.590. The van der Waals surface area contributed by atoms with Crippen molar-refractivity contribution >= 4 is 65.4 Å². The first-order valence-corrected chi connectivity index (χ1v) is 19.4. The molecule has 0 radical (unpaired) electrons. The third-order valence-corrected chi connectivity index (χ3v) is 11.2. The number of nitrogens with zero attached hydrogens (tertiary/aromatic N) is 5. The zero-order chi connectivity index (χ0) is 38.2. The van der Waals surface area contributed by atoms with Gasteiger partial charge in [-0.1, -0.05) is 146 Å². The molecule has 0 amide bonds. The van der Waals surface area contributed by atoms with Gasteiger partial charge in [-0.15, -0.1) is 0 Å². The molecule has 0 spiro atoms. The zero-order valence-corrected chi connectivity index (χ0v) is 31.0. The van der Waals surface area contributed by atoms with Crippen LogP contribution in [0.15, 0.2) is 192 Å². The van der Waals surface area contributed by atoms with E-state index in [4.69, 9.17) is 24.4 Å². The summed E-state index contributed by atoms with van der Waals surface area (Å²) < 4.78 is 8.79. The van der Waals surface area contributed by atoms with E-state index in [1.54, 1.807) is 0 Å². The van der Waals surface area contributed by atoms with Gasteiger partial charge in [-0.05, 0) is 53.2 Å². The average molecular weight is 742 g/mol. The Labute approximate surface area is 332 Å². The minimum absolute atomic E-state index is 0.590. The van der Waals surface area contributed by atoms with Crippen LogP contribution < -0.4 is 0 Å². The molecule has 0 unspecified atom stereocenters. The predicted molar refractivity (Wildman–Crippen MR) is 236 cm³/mol. The van der Waals surface area contributed by atoms with Gasteiger partial charge in [0.05, 0.1) is 27.6 Å². The van der Waals surface area contributed by atoms with Crippen LogP contribution in [0.1, 0.15) is 0 Å². The highest BCUT2D eigenvalue weighted by Gasteiger charge is 2.20. The Bertz CT molecular complexity index is 3520. The van der Waals surface area contributed by atoms with Gasteiger partial charge in [-0.25, -0.2) is 19.9 Å². The van der Waals surface area contributed by atoms with Crippen molar-refractivity contribution in [1.82, 2.24) is 24.5 Å². The van der Waals surface area contributed by atoms with Crippen molar-refractivity contribution in [2.45, 2.75) is 0 Å². The van der Waals surface area contributed by atoms with E-state index in [9.17, 15) is 0 Å². The maximum absolute atomic E-state index is 6.47. The standard InChI is InChI=1S/C52H31N5O/c1-2-17-37-32(13-1)14-12-22-40(37)52-55-50(54-51(56-52)35-15-11-16-36(31-35)57-44-24-8-4-18-38(44)39-19-5-9-25-45(39)57)34-29-27-33(28-30-34)48-47-42-21-6-10-26-46(42)58-49(47)41-20-3-7-23-43(41)53-48/h1-31H. The van der Waals surface area contributed by atoms with E-state index in [0.29, 0.717) is 17.5 Å². The Morgan fingerprint density at radius 1 is 0.397 bits per heavy atom. The molecule has 0 N–H and O–H groups in total. The second-order valence-electron chi connectivity index (χ2n) is 14.6. The molecular weight excluding hydrogens is 711 g/mol. The van der Waals surface area contributed by atoms with Gasteiger partial charge in [0, 0.05) is 49.5 Å². The number of hydrogen-bond donors (Lipinski definition) is 0. The molecule has 6 nitrogen and oxygen atoms in total. The van der Waals surface area contributed by atoms with Gasteiger partial charge in [0.1, 0.15) is 11.2 Å². The fourth-order valence-electron chi connectivity index (χ4n) is 8.56. The molecule has 0 aliphatic carbocycles. The summed E-state index contributed by atoms with van der Waals surface area (Å²) in [6.45, 7) is 0. The molecule has 0 saturated heterocycles. The lowest BCUT2D eigenvalue weighted by Crippen LogP contribution is -2.01. The van der Waals surface area contributed by atoms with Crippen molar-refractivity contribution in [2.75, 3.05) is 0 Å². The lowest BCUT2D eigenvalue weighted by molar-refractivity contribution is 0.672. The zero-order valence-electron chi connectivity index (χ0n) is 31.0. The van der Waals surface area contributed by atoms with Crippen LogP contribution in [0.3, 0.4) is 0 Å². The quantitative estimate of drug-likeness (QED) is 0.176. The second kappa shape index (κ2) is 12.8. The number of rotatable bonds is 5. The summed E-state index contributed by atoms with van der Waals surface area (Å²) in [5, 5.41) is 7.69. The van der Waals surface area contributed by atoms with Gasteiger partial charge in [-0.2, -0.15) is 0 Å². The highest BCUT2D eigenvalue weighted by molar-refractivity contribution is 6.19. The number of fused-ring (bicyclic) bond motifs is 9. The summed E-state index contributed by atoms with van der Waals surface area (Å²) in [4.78, 5) is 20.8. The molecule has 0 aliphatic rings. The number of hydrogen-bond acceptors (Lipinski definition) is 5. The SMILES string of the molecule is c1cc(-c2nc(-c3ccc(-c4nc5ccccc5c5oc6ccccc6c45)cc3)nc(-c3cccc4ccccc34)n2)cc(-n2c3ccccc3c3ccccc32)c1. The second-order valence-corrected chi connectivity index (χ2v) is 14.6. The summed E-state index contributed by atoms with van der Waals surface area (Å²) in [5.41, 5.74) is 10.5. The molecule has 12 aromatic rings. The Hall–Kier alpha value is -7.96. The van der Waals surface area contributed by atoms with Crippen molar-refractivity contribution in [1.29, 1.82) is 0 Å². The third kappa shape index (κ3) is 5.05. The third-order valence-electron chi connectivity index (χ3n) is 11.2. The fraction of sp³-hybridized carbons (Fsp3) is 0. The van der Waals surface area contributed by atoms with Crippen molar-refractivity contribution in [2.24, 2.45) is 0 Å². The molecule has 12 rings (SSSR count). The maximum atomic E-state index is 6.47. The molecule has 0 atom stereocenters. The molecule has 0 bridgehead atoms. The normalized spacial score (nSPS) is 11.8. The van der Waals surface area contributed by atoms with Crippen LogP contribution >= 0.6 is 0 Å². The number of pyridine rings is 1. The number of furan rings is 1. The molecule has 4 heterocycles. The Balaban J connectivity index is 1.03. The van der Waals surface area contributed by atoms with E-state index in [-0.39, 0.29) is 0 Å². The summed E-state index contributed by atoms with van der Waals surface area (Å²) >= 11 is 0. The molecule has 4 aromatic heterocycles. The van der Waals surface area contributed by atoms with Crippen molar-refractivity contribution in [3.05, 3.63) is 188 Å². The van der Waals surface area contributed by atoms with Crippen molar-refractivity contribution in [3.8, 4) is 51.1 Å². The van der Waals surface area contributed by atoms with E-state index in [1.165, 1.54) is 10.8 Å². The van der Waals surface area contributed by atoms with Crippen molar-refractivity contribution < 1.29 is 4.42 Å². The fourth-order valence-corrected chi connectivity index (χ4v) is 8.56. The van der Waals surface area contributed by atoms with Crippen LogP contribution in [0.2, 0.25) is 0 Å². The van der Waals surface area contributed by atoms with Crippen LogP contribution in [-0.2, 0) is 0 Å². The topological polar surface area (TPSA) is 69.6 Å². The van der Waals surface area contributed by atoms with Crippen LogP contribution in [0.25, 0.3) is 117 Å². The van der Waals surface area contributed by atoms with E-state index >= 15 is 0 Å². The van der Waals surface area contributed by atoms with Crippen LogP contribution in [0.4, 0.5) is 0 Å². The van der Waals surface area contributed by atoms with E-state index in [0.717, 1.165) is 88.3 Å². The van der Waals surface area contributed by atoms with E-state index < -0.39 is 0 Å². The van der Waals surface area contributed by atoms with Gasteiger partial charge in [0.2, 0.25) is 0 Å². The smallest absolute Gasteiger partial charge is 0.164 e. The van der Waals surface area contributed by atoms with Gasteiger partial charge in [0.15, 0.2) is 17.5 Å². The Kier molecular flexibility index (Phi) is 7.13. The molecular formula is C52H31N5O. The molecule has 0 fully saturated rings. The van der Waals surface area contributed by atoms with E-state index in [1.807, 2.05) is 36.4 Å². The van der Waals surface area contributed by atoms with Crippen LogP contribution in [0.5, 0.6) is 0 Å². The number of benzene rings is 8. The van der Waals surface area contributed by atoms with Crippen molar-refractivity contribution in [3.63, 3.8) is 0 Å². The first kappa shape index (κ1) is 32.3. The average Bonchev–Trinajstić information content (AvgIpc) is 3.85. The highest BCUT2D eigenvalue weighted by Crippen LogP contribution is 2.40. The monoisotopic (exact) mass is 741 g/mol. The molecule has 270 valence electrons. The minimum Gasteiger partial charge on any atom is -0.455 e. The highest BCUT2D eigenvalue weighted by atomic mass is 16.3. The van der Waals surface area contributed by atoms with Gasteiger partial charge < -0.3 is 8.98 Å². The maximum Gasteiger partial charge on any atom is 0.164 e. The molecule has 0 aliphatic heterocycles. The Morgan fingerprint density at radius 3 is 1.78 bits per heavy atom. The van der Waals surface area contributed by atoms with Gasteiger partial charge >= 0.3 is 0 Å². The Morgan fingerprint density at radius 2 is 0.983 bits per heavy atom. The summed E-state index contributed by atoms with van der Waals surface area (Å²) in [6, 6.07) is 65.0. The largest absolute Gasteiger partial charge is 0.455 e. The molecule has 6 heteroatoms. The summed E-state index contributed by atoms with van der Waals surface area (Å²) in [5.74, 6) is 1.81. The first-order valence-electron chi connectivity index (χ1n) is 19.4. The lowest BCUT2D eigenvalue weighted by atomic mass is 10.0. The summed E-state index contributed by atoms with van der Waals surface area (Å²) in [7, 11) is 0. The van der Waals surface area contributed by atoms with Gasteiger partial charge in [-0.3, -0.25) is 0 Å². The molecule has 58 heavy (non-hydrogen) atoms. The molecule has 0 saturated carbocycles. The first-order chi connectivity index (χ1) is 28.7. The summed E-state index contributed by atoms with van der Waals surface area (Å²) in [6.07, 6.45) is 0. The van der Waals surface area contributed by atoms with Crippen LogP contribution in [-0.4, -0.2) is 24.5 Å².